The van der Waals surface area contributed by atoms with E-state index in [2.05, 4.69) is 32.1 Å². The van der Waals surface area contributed by atoms with E-state index in [1.54, 1.807) is 12.4 Å². The van der Waals surface area contributed by atoms with Crippen LogP contribution in [0.15, 0.2) is 47.2 Å². The maximum Gasteiger partial charge on any atom is 0.305 e. The normalized spacial score (nSPS) is 10.7. The second kappa shape index (κ2) is 7.13. The molecule has 0 bridgehead atoms. The smallest absolute Gasteiger partial charge is 0.302 e. The summed E-state index contributed by atoms with van der Waals surface area (Å²) in [4.78, 5) is 22.1. The Morgan fingerprint density at radius 3 is 2.54 bits per heavy atom. The Labute approximate surface area is 141 Å². The molecule has 0 fully saturated rings. The van der Waals surface area contributed by atoms with Gasteiger partial charge in [-0.3, -0.25) is 15.1 Å². The predicted octanol–water partition coefficient (Wildman–Crippen LogP) is 2.60. The maximum absolute atomic E-state index is 10.7. The van der Waals surface area contributed by atoms with Crippen molar-refractivity contribution in [1.82, 2.24) is 29.7 Å². The van der Waals surface area contributed by atoms with Gasteiger partial charge in [-0.2, -0.15) is 0 Å². The van der Waals surface area contributed by atoms with E-state index in [4.69, 9.17) is 0 Å². The van der Waals surface area contributed by atoms with Gasteiger partial charge in [-0.1, -0.05) is 6.92 Å². The van der Waals surface area contributed by atoms with E-state index >= 15 is 0 Å². The van der Waals surface area contributed by atoms with Gasteiger partial charge in [-0.25, -0.2) is 9.97 Å². The molecule has 0 saturated carbocycles. The molecule has 9 nitrogen and oxygen atoms in total. The zero-order chi connectivity index (χ0) is 16.9. The molecule has 24 heavy (non-hydrogen) atoms. The summed E-state index contributed by atoms with van der Waals surface area (Å²) in [6.07, 6.45) is 6.67. The fourth-order valence-electron chi connectivity index (χ4n) is 2.04. The summed E-state index contributed by atoms with van der Waals surface area (Å²) in [6, 6.07) is 3.74. The first kappa shape index (κ1) is 16.0. The van der Waals surface area contributed by atoms with Crippen molar-refractivity contribution < 1.29 is 4.92 Å². The lowest BCUT2D eigenvalue weighted by Crippen LogP contribution is -2.02. The van der Waals surface area contributed by atoms with Crippen molar-refractivity contribution in [2.24, 2.45) is 0 Å². The van der Waals surface area contributed by atoms with Crippen molar-refractivity contribution >= 4 is 17.4 Å². The summed E-state index contributed by atoms with van der Waals surface area (Å²) in [6.45, 7) is 2.80. The van der Waals surface area contributed by atoms with Crippen LogP contribution in [0, 0.1) is 10.1 Å². The quantitative estimate of drug-likeness (QED) is 0.381. The van der Waals surface area contributed by atoms with E-state index in [9.17, 15) is 10.1 Å². The second-order valence-electron chi connectivity index (χ2n) is 4.78. The molecular weight excluding hydrogens is 330 g/mol. The van der Waals surface area contributed by atoms with E-state index < -0.39 is 4.92 Å². The molecule has 3 aromatic rings. The van der Waals surface area contributed by atoms with Crippen molar-refractivity contribution in [3.8, 4) is 11.4 Å². The number of aromatic nitrogens is 6. The van der Waals surface area contributed by atoms with Crippen LogP contribution in [0.25, 0.3) is 11.4 Å². The van der Waals surface area contributed by atoms with Crippen molar-refractivity contribution in [1.29, 1.82) is 0 Å². The highest BCUT2D eigenvalue weighted by molar-refractivity contribution is 7.99. The molecule has 122 valence electrons. The van der Waals surface area contributed by atoms with E-state index in [1.165, 1.54) is 24.2 Å². The lowest BCUT2D eigenvalue weighted by atomic mass is 10.2. The third-order valence-electron chi connectivity index (χ3n) is 3.11. The molecule has 0 atom stereocenters. The van der Waals surface area contributed by atoms with E-state index in [1.807, 2.05) is 16.7 Å². The van der Waals surface area contributed by atoms with Crippen LogP contribution >= 0.6 is 11.8 Å². The van der Waals surface area contributed by atoms with Gasteiger partial charge in [-0.05, 0) is 30.3 Å². The van der Waals surface area contributed by atoms with E-state index in [0.29, 0.717) is 10.3 Å². The van der Waals surface area contributed by atoms with Gasteiger partial charge < -0.3 is 4.57 Å². The molecule has 0 aliphatic heterocycles. The highest BCUT2D eigenvalue weighted by Gasteiger charge is 2.16. The minimum atomic E-state index is -0.532. The molecule has 0 unspecified atom stereocenters. The molecule has 0 spiro atoms. The Hall–Kier alpha value is -2.88. The van der Waals surface area contributed by atoms with Crippen molar-refractivity contribution in [2.75, 3.05) is 0 Å². The number of hydrogen-bond acceptors (Lipinski definition) is 8. The average molecular weight is 343 g/mol. The molecule has 0 aliphatic carbocycles. The van der Waals surface area contributed by atoms with Crippen LogP contribution in [0.1, 0.15) is 13.3 Å². The van der Waals surface area contributed by atoms with Gasteiger partial charge in [0, 0.05) is 24.5 Å². The average Bonchev–Trinajstić information content (AvgIpc) is 2.99. The summed E-state index contributed by atoms with van der Waals surface area (Å²) < 4.78 is 1.98. The molecule has 3 rings (SSSR count). The summed E-state index contributed by atoms with van der Waals surface area (Å²) in [5, 5.41) is 20.1. The number of nitrogens with zero attached hydrogens (tertiary/aromatic N) is 7. The van der Waals surface area contributed by atoms with Gasteiger partial charge in [0.25, 0.3) is 0 Å². The number of pyridine rings is 1. The van der Waals surface area contributed by atoms with Crippen LogP contribution in [-0.2, 0) is 6.54 Å². The fraction of sp³-hybridized carbons (Fsp3) is 0.214. The Balaban J connectivity index is 1.90. The van der Waals surface area contributed by atoms with Crippen LogP contribution in [0.5, 0.6) is 0 Å². The molecule has 0 aromatic carbocycles. The topological polar surface area (TPSA) is 113 Å². The molecule has 0 saturated heterocycles. The van der Waals surface area contributed by atoms with Gasteiger partial charge in [-0.15, -0.1) is 10.2 Å². The minimum Gasteiger partial charge on any atom is -0.302 e. The summed E-state index contributed by atoms with van der Waals surface area (Å²) in [5.41, 5.74) is 0.772. The van der Waals surface area contributed by atoms with E-state index in [0.717, 1.165) is 24.4 Å². The third kappa shape index (κ3) is 3.38. The van der Waals surface area contributed by atoms with Crippen molar-refractivity contribution in [3.63, 3.8) is 0 Å². The highest BCUT2D eigenvalue weighted by atomic mass is 32.2. The SMILES string of the molecule is CCCn1c(Sc2ncc([N+](=O)[O-])cn2)nnc1-c1ccncc1. The number of nitro groups is 1. The van der Waals surface area contributed by atoms with Crippen LogP contribution in [0.3, 0.4) is 0 Å². The van der Waals surface area contributed by atoms with Crippen LogP contribution < -0.4 is 0 Å². The van der Waals surface area contributed by atoms with Gasteiger partial charge in [0.1, 0.15) is 12.4 Å². The summed E-state index contributed by atoms with van der Waals surface area (Å²) in [7, 11) is 0. The molecule has 0 N–H and O–H groups in total. The second-order valence-corrected chi connectivity index (χ2v) is 5.71. The molecular formula is C14H13N7O2S. The molecule has 3 heterocycles. The fourth-order valence-corrected chi connectivity index (χ4v) is 2.79. The van der Waals surface area contributed by atoms with Crippen molar-refractivity contribution in [2.45, 2.75) is 30.2 Å². The Bertz CT molecular complexity index is 836. The number of rotatable bonds is 6. The molecule has 10 heteroatoms. The molecule has 0 amide bonds. The van der Waals surface area contributed by atoms with E-state index in [-0.39, 0.29) is 5.69 Å². The van der Waals surface area contributed by atoms with Crippen LogP contribution in [0.2, 0.25) is 0 Å². The molecule has 0 radical (unpaired) electrons. The van der Waals surface area contributed by atoms with Crippen LogP contribution in [-0.4, -0.2) is 34.6 Å². The number of hydrogen-bond donors (Lipinski definition) is 0. The first-order valence-corrected chi connectivity index (χ1v) is 7.98. The minimum absolute atomic E-state index is 0.146. The van der Waals surface area contributed by atoms with Gasteiger partial charge in [0.2, 0.25) is 0 Å². The Morgan fingerprint density at radius 1 is 1.21 bits per heavy atom. The zero-order valence-electron chi connectivity index (χ0n) is 12.7. The Kier molecular flexibility index (Phi) is 4.75. The van der Waals surface area contributed by atoms with Gasteiger partial charge in [0.15, 0.2) is 16.1 Å². The highest BCUT2D eigenvalue weighted by Crippen LogP contribution is 2.27. The monoisotopic (exact) mass is 343 g/mol. The first-order valence-electron chi connectivity index (χ1n) is 7.17. The third-order valence-corrected chi connectivity index (χ3v) is 3.99. The summed E-state index contributed by atoms with van der Waals surface area (Å²) >= 11 is 1.22. The van der Waals surface area contributed by atoms with Crippen molar-refractivity contribution in [3.05, 3.63) is 47.0 Å². The standard InChI is InChI=1S/C14H13N7O2S/c1-2-7-20-12(10-3-5-15-6-4-10)18-19-14(20)24-13-16-8-11(9-17-13)21(22)23/h3-6,8-9H,2,7H2,1H3. The largest absolute Gasteiger partial charge is 0.305 e. The molecule has 0 aliphatic rings. The zero-order valence-corrected chi connectivity index (χ0v) is 13.6. The predicted molar refractivity (Wildman–Crippen MR) is 86.4 cm³/mol. The Morgan fingerprint density at radius 2 is 1.92 bits per heavy atom. The lowest BCUT2D eigenvalue weighted by molar-refractivity contribution is -0.385. The first-order chi connectivity index (χ1) is 11.7. The maximum atomic E-state index is 10.7. The van der Waals surface area contributed by atoms with Gasteiger partial charge in [0.05, 0.1) is 4.92 Å². The van der Waals surface area contributed by atoms with Crippen LogP contribution in [0.4, 0.5) is 5.69 Å². The molecule has 3 aromatic heterocycles. The summed E-state index contributed by atoms with van der Waals surface area (Å²) in [5.74, 6) is 0.740. The van der Waals surface area contributed by atoms with Gasteiger partial charge >= 0.3 is 5.69 Å². The lowest BCUT2D eigenvalue weighted by Gasteiger charge is -2.08.